The lowest BCUT2D eigenvalue weighted by Gasteiger charge is -2.29. The Balaban J connectivity index is 2.11. The van der Waals surface area contributed by atoms with Gasteiger partial charge < -0.3 is 23.7 Å². The number of rotatable bonds is 8. The summed E-state index contributed by atoms with van der Waals surface area (Å²) < 4.78 is 25.5. The van der Waals surface area contributed by atoms with Crippen LogP contribution in [0.25, 0.3) is 0 Å². The van der Waals surface area contributed by atoms with Crippen LogP contribution in [-0.4, -0.2) is 58.2 Å². The van der Waals surface area contributed by atoms with Gasteiger partial charge in [-0.25, -0.2) is 4.79 Å². The van der Waals surface area contributed by atoms with Gasteiger partial charge in [-0.2, -0.15) is 0 Å². The van der Waals surface area contributed by atoms with Gasteiger partial charge in [0.1, 0.15) is 36.5 Å². The summed E-state index contributed by atoms with van der Waals surface area (Å²) in [6, 6.07) is 6.91. The fourth-order valence-corrected chi connectivity index (χ4v) is 3.16. The molecular formula is C21H25NO8. The van der Waals surface area contributed by atoms with E-state index in [-0.39, 0.29) is 24.5 Å². The van der Waals surface area contributed by atoms with E-state index in [9.17, 15) is 14.4 Å². The van der Waals surface area contributed by atoms with E-state index in [1.807, 2.05) is 0 Å². The van der Waals surface area contributed by atoms with Crippen molar-refractivity contribution in [1.82, 2.24) is 0 Å². The number of benzene rings is 1. The molecule has 2 rings (SSSR count). The number of hydrogen-bond donors (Lipinski definition) is 0. The molecule has 1 unspecified atom stereocenters. The summed E-state index contributed by atoms with van der Waals surface area (Å²) in [6.07, 6.45) is 0. The highest BCUT2D eigenvalue weighted by molar-refractivity contribution is 6.10. The second-order valence-electron chi connectivity index (χ2n) is 6.41. The minimum atomic E-state index is -1.22. The molecule has 0 aliphatic carbocycles. The molecule has 0 fully saturated rings. The number of aliphatic imine (C=N–C) groups is 1. The van der Waals surface area contributed by atoms with E-state index in [0.717, 1.165) is 0 Å². The van der Waals surface area contributed by atoms with Crippen LogP contribution in [0.1, 0.15) is 13.8 Å². The second-order valence-corrected chi connectivity index (χ2v) is 6.41. The van der Waals surface area contributed by atoms with Crippen molar-refractivity contribution in [3.63, 3.8) is 0 Å². The van der Waals surface area contributed by atoms with Crippen LogP contribution in [0.3, 0.4) is 0 Å². The molecule has 30 heavy (non-hydrogen) atoms. The first-order valence-electron chi connectivity index (χ1n) is 9.19. The molecular weight excluding hydrogens is 394 g/mol. The maximum Gasteiger partial charge on any atom is 0.336 e. The Morgan fingerprint density at radius 2 is 1.50 bits per heavy atom. The number of allylic oxidation sites excluding steroid dienone is 1. The highest BCUT2D eigenvalue weighted by atomic mass is 16.6. The molecule has 1 aromatic rings. The van der Waals surface area contributed by atoms with Crippen LogP contribution >= 0.6 is 0 Å². The van der Waals surface area contributed by atoms with Gasteiger partial charge in [-0.05, 0) is 38.1 Å². The van der Waals surface area contributed by atoms with Crippen LogP contribution in [-0.2, 0) is 28.6 Å². The van der Waals surface area contributed by atoms with Crippen molar-refractivity contribution in [2.24, 2.45) is 16.8 Å². The van der Waals surface area contributed by atoms with Crippen molar-refractivity contribution in [1.29, 1.82) is 0 Å². The largest absolute Gasteiger partial charge is 0.497 e. The van der Waals surface area contributed by atoms with E-state index >= 15 is 0 Å². The van der Waals surface area contributed by atoms with E-state index in [0.29, 0.717) is 17.2 Å². The molecule has 1 aliphatic rings. The third-order valence-corrected chi connectivity index (χ3v) is 4.60. The first kappa shape index (κ1) is 22.9. The van der Waals surface area contributed by atoms with Crippen molar-refractivity contribution < 1.29 is 38.1 Å². The minimum Gasteiger partial charge on any atom is -0.497 e. The predicted molar refractivity (Wildman–Crippen MR) is 106 cm³/mol. The number of carbonyl (C=O) groups is 3. The molecule has 0 N–H and O–H groups in total. The topological polar surface area (TPSA) is 110 Å². The maximum atomic E-state index is 12.8. The van der Waals surface area contributed by atoms with Gasteiger partial charge in [0.05, 0.1) is 26.9 Å². The van der Waals surface area contributed by atoms with Crippen LogP contribution < -0.4 is 9.47 Å². The Hall–Kier alpha value is -3.36. The Kier molecular flexibility index (Phi) is 7.97. The van der Waals surface area contributed by atoms with Crippen molar-refractivity contribution >= 4 is 23.6 Å². The average molecular weight is 419 g/mol. The summed E-state index contributed by atoms with van der Waals surface area (Å²) >= 11 is 0. The van der Waals surface area contributed by atoms with Gasteiger partial charge in [-0.1, -0.05) is 0 Å². The van der Waals surface area contributed by atoms with Crippen molar-refractivity contribution in [2.45, 2.75) is 13.8 Å². The Labute approximate surface area is 174 Å². The van der Waals surface area contributed by atoms with Gasteiger partial charge in [-0.3, -0.25) is 14.6 Å². The van der Waals surface area contributed by atoms with Crippen LogP contribution in [0.5, 0.6) is 11.5 Å². The molecule has 1 aromatic carbocycles. The number of nitrogens with zero attached hydrogens (tertiary/aromatic N) is 1. The van der Waals surface area contributed by atoms with Gasteiger partial charge in [-0.15, -0.1) is 0 Å². The number of carbonyl (C=O) groups excluding carboxylic acids is 3. The number of hydrogen-bond acceptors (Lipinski definition) is 9. The van der Waals surface area contributed by atoms with Gasteiger partial charge in [0, 0.05) is 11.4 Å². The number of methoxy groups -OCH3 is 3. The molecule has 9 nitrogen and oxygen atoms in total. The van der Waals surface area contributed by atoms with Crippen molar-refractivity contribution in [3.8, 4) is 11.5 Å². The lowest BCUT2D eigenvalue weighted by atomic mass is 9.80. The molecule has 0 bridgehead atoms. The summed E-state index contributed by atoms with van der Waals surface area (Å²) in [4.78, 5) is 41.6. The minimum absolute atomic E-state index is 0.0282. The van der Waals surface area contributed by atoms with E-state index in [2.05, 4.69) is 4.99 Å². The number of esters is 3. The molecule has 9 heteroatoms. The van der Waals surface area contributed by atoms with Crippen LogP contribution in [0.4, 0.5) is 0 Å². The fraction of sp³-hybridized carbons (Fsp3) is 0.429. The third-order valence-electron chi connectivity index (χ3n) is 4.60. The number of ether oxygens (including phenoxy) is 5. The Bertz CT molecular complexity index is 856. The molecule has 0 radical (unpaired) electrons. The van der Waals surface area contributed by atoms with Gasteiger partial charge in [0.2, 0.25) is 0 Å². The van der Waals surface area contributed by atoms with Gasteiger partial charge >= 0.3 is 17.9 Å². The zero-order valence-electron chi connectivity index (χ0n) is 17.6. The van der Waals surface area contributed by atoms with Crippen LogP contribution in [0, 0.1) is 11.8 Å². The monoisotopic (exact) mass is 419 g/mol. The summed E-state index contributed by atoms with van der Waals surface area (Å²) in [5, 5.41) is 0. The third kappa shape index (κ3) is 5.16. The Morgan fingerprint density at radius 1 is 0.867 bits per heavy atom. The van der Waals surface area contributed by atoms with E-state index in [4.69, 9.17) is 23.7 Å². The first-order chi connectivity index (χ1) is 14.3. The lowest BCUT2D eigenvalue weighted by Crippen LogP contribution is -2.42. The van der Waals surface area contributed by atoms with E-state index in [1.54, 1.807) is 45.2 Å². The summed E-state index contributed by atoms with van der Waals surface area (Å²) in [7, 11) is 3.95. The standard InChI is InChI=1S/C21H25NO8/c1-12-16(19(23)27-4)18(17(13(2)22-12)20(24)28-5)21(25)30-11-10-29-15-8-6-14(26-3)7-9-15/h6-9,16,18H,10-11H2,1-5H3/t16?,18-/m0/s1. The van der Waals surface area contributed by atoms with Crippen LogP contribution in [0.15, 0.2) is 40.5 Å². The Morgan fingerprint density at radius 3 is 2.07 bits per heavy atom. The zero-order chi connectivity index (χ0) is 22.3. The van der Waals surface area contributed by atoms with E-state index in [1.165, 1.54) is 14.2 Å². The predicted octanol–water partition coefficient (Wildman–Crippen LogP) is 1.94. The molecule has 0 aromatic heterocycles. The van der Waals surface area contributed by atoms with Crippen molar-refractivity contribution in [3.05, 3.63) is 35.5 Å². The second kappa shape index (κ2) is 10.4. The first-order valence-corrected chi connectivity index (χ1v) is 9.19. The highest BCUT2D eigenvalue weighted by Crippen LogP contribution is 2.33. The van der Waals surface area contributed by atoms with Gasteiger partial charge in [0.15, 0.2) is 0 Å². The summed E-state index contributed by atoms with van der Waals surface area (Å²) in [5.74, 6) is -3.25. The van der Waals surface area contributed by atoms with Crippen molar-refractivity contribution in [2.75, 3.05) is 34.5 Å². The summed E-state index contributed by atoms with van der Waals surface area (Å²) in [5.41, 5.74) is 0.610. The van der Waals surface area contributed by atoms with E-state index < -0.39 is 29.7 Å². The lowest BCUT2D eigenvalue weighted by molar-refractivity contribution is -0.157. The van der Waals surface area contributed by atoms with Crippen LogP contribution in [0.2, 0.25) is 0 Å². The quantitative estimate of drug-likeness (QED) is 0.357. The SMILES string of the molecule is COC(=O)C1=C(C)N=C(C)C(C(=O)OC)[C@@H]1C(=O)OCCOc1ccc(OC)cc1. The smallest absolute Gasteiger partial charge is 0.336 e. The molecule has 2 atom stereocenters. The molecule has 0 amide bonds. The molecule has 1 aliphatic heterocycles. The molecule has 1 heterocycles. The molecule has 0 saturated carbocycles. The molecule has 162 valence electrons. The van der Waals surface area contributed by atoms with Gasteiger partial charge in [0.25, 0.3) is 0 Å². The fourth-order valence-electron chi connectivity index (χ4n) is 3.16. The maximum absolute atomic E-state index is 12.8. The molecule has 0 saturated heterocycles. The molecule has 0 spiro atoms. The average Bonchev–Trinajstić information content (AvgIpc) is 2.75. The highest BCUT2D eigenvalue weighted by Gasteiger charge is 2.46. The summed E-state index contributed by atoms with van der Waals surface area (Å²) in [6.45, 7) is 3.15. The normalized spacial score (nSPS) is 18.2. The zero-order valence-corrected chi connectivity index (χ0v) is 17.6.